The molecule has 17 heavy (non-hydrogen) atoms. The van der Waals surface area contributed by atoms with Gasteiger partial charge in [0.1, 0.15) is 5.75 Å². The van der Waals surface area contributed by atoms with E-state index in [0.717, 1.165) is 18.8 Å². The number of hydrogen-bond acceptors (Lipinski definition) is 3. The van der Waals surface area contributed by atoms with Gasteiger partial charge in [0, 0.05) is 11.4 Å². The van der Waals surface area contributed by atoms with Crippen LogP contribution in [0.5, 0.6) is 5.75 Å². The predicted molar refractivity (Wildman–Crippen MR) is 74.0 cm³/mol. The molecule has 0 unspecified atom stereocenters. The Kier molecular flexibility index (Phi) is 5.20. The molecule has 0 atom stereocenters. The topological polar surface area (TPSA) is 12.5 Å². The molecule has 0 saturated carbocycles. The number of hydrogen-bond donors (Lipinski definition) is 0. The Hall–Kier alpha value is -0.670. The average molecular weight is 251 g/mol. The van der Waals surface area contributed by atoms with E-state index in [2.05, 4.69) is 35.4 Å². The molecule has 2 nitrogen and oxygen atoms in total. The molecule has 0 aromatic heterocycles. The molecule has 1 heterocycles. The van der Waals surface area contributed by atoms with E-state index in [-0.39, 0.29) is 0 Å². The van der Waals surface area contributed by atoms with E-state index in [9.17, 15) is 0 Å². The molecular formula is C14H21NOS. The molecule has 1 aromatic carbocycles. The van der Waals surface area contributed by atoms with Gasteiger partial charge in [-0.2, -0.15) is 0 Å². The Bertz CT molecular complexity index is 319. The summed E-state index contributed by atoms with van der Waals surface area (Å²) in [7, 11) is 0. The van der Waals surface area contributed by atoms with Crippen molar-refractivity contribution in [1.82, 2.24) is 4.90 Å². The Morgan fingerprint density at radius 2 is 1.88 bits per heavy atom. The molecule has 1 saturated heterocycles. The smallest absolute Gasteiger partial charge is 0.119 e. The van der Waals surface area contributed by atoms with Gasteiger partial charge in [0.05, 0.1) is 6.61 Å². The van der Waals surface area contributed by atoms with E-state index in [1.807, 2.05) is 0 Å². The van der Waals surface area contributed by atoms with Gasteiger partial charge in [-0.1, -0.05) is 0 Å². The maximum absolute atomic E-state index is 5.73. The van der Waals surface area contributed by atoms with Gasteiger partial charge in [-0.05, 0) is 62.9 Å². The van der Waals surface area contributed by atoms with Crippen LogP contribution in [0.1, 0.15) is 19.3 Å². The van der Waals surface area contributed by atoms with E-state index in [4.69, 9.17) is 4.74 Å². The lowest BCUT2D eigenvalue weighted by Gasteiger charge is -2.14. The third-order valence-electron chi connectivity index (χ3n) is 3.15. The Labute approximate surface area is 108 Å². The molecule has 0 radical (unpaired) electrons. The van der Waals surface area contributed by atoms with Crippen LogP contribution in [0, 0.1) is 0 Å². The summed E-state index contributed by atoms with van der Waals surface area (Å²) < 4.78 is 5.73. The van der Waals surface area contributed by atoms with Crippen molar-refractivity contribution in [3.05, 3.63) is 24.3 Å². The van der Waals surface area contributed by atoms with Gasteiger partial charge in [-0.15, -0.1) is 11.8 Å². The summed E-state index contributed by atoms with van der Waals surface area (Å²) in [5, 5.41) is 0. The van der Waals surface area contributed by atoms with Gasteiger partial charge in [0.25, 0.3) is 0 Å². The van der Waals surface area contributed by atoms with E-state index in [1.165, 1.54) is 37.4 Å². The number of rotatable bonds is 6. The van der Waals surface area contributed by atoms with Gasteiger partial charge in [-0.3, -0.25) is 0 Å². The Balaban J connectivity index is 1.63. The van der Waals surface area contributed by atoms with Crippen LogP contribution in [0.3, 0.4) is 0 Å². The number of ether oxygens (including phenoxy) is 1. The van der Waals surface area contributed by atoms with Crippen LogP contribution in [-0.4, -0.2) is 37.4 Å². The average Bonchev–Trinajstić information content (AvgIpc) is 2.88. The second kappa shape index (κ2) is 6.92. The molecule has 1 aliphatic rings. The molecular weight excluding hydrogens is 230 g/mol. The van der Waals surface area contributed by atoms with Gasteiger partial charge in [0.2, 0.25) is 0 Å². The lowest BCUT2D eigenvalue weighted by Crippen LogP contribution is -2.21. The third kappa shape index (κ3) is 4.25. The zero-order valence-electron chi connectivity index (χ0n) is 10.5. The van der Waals surface area contributed by atoms with Crippen molar-refractivity contribution in [2.75, 3.05) is 32.5 Å². The quantitative estimate of drug-likeness (QED) is 0.569. The van der Waals surface area contributed by atoms with Gasteiger partial charge < -0.3 is 9.64 Å². The van der Waals surface area contributed by atoms with E-state index in [0.29, 0.717) is 0 Å². The minimum atomic E-state index is 0.828. The highest BCUT2D eigenvalue weighted by atomic mass is 32.2. The van der Waals surface area contributed by atoms with E-state index in [1.54, 1.807) is 11.8 Å². The molecule has 0 spiro atoms. The highest BCUT2D eigenvalue weighted by Crippen LogP contribution is 2.19. The van der Waals surface area contributed by atoms with Crippen molar-refractivity contribution in [3.8, 4) is 5.75 Å². The first kappa shape index (κ1) is 12.8. The molecule has 2 rings (SSSR count). The Morgan fingerprint density at radius 1 is 1.18 bits per heavy atom. The Morgan fingerprint density at radius 3 is 2.53 bits per heavy atom. The molecule has 94 valence electrons. The van der Waals surface area contributed by atoms with Crippen molar-refractivity contribution in [2.24, 2.45) is 0 Å². The summed E-state index contributed by atoms with van der Waals surface area (Å²) in [6.45, 7) is 4.57. The van der Waals surface area contributed by atoms with E-state index < -0.39 is 0 Å². The molecule has 0 N–H and O–H groups in total. The van der Waals surface area contributed by atoms with Gasteiger partial charge in [-0.25, -0.2) is 0 Å². The van der Waals surface area contributed by atoms with Crippen LogP contribution in [0.2, 0.25) is 0 Å². The predicted octanol–water partition coefficient (Wildman–Crippen LogP) is 3.27. The molecule has 1 aliphatic heterocycles. The van der Waals surface area contributed by atoms with Crippen molar-refractivity contribution >= 4 is 11.8 Å². The second-order valence-corrected chi connectivity index (χ2v) is 5.31. The fourth-order valence-corrected chi connectivity index (χ4v) is 2.56. The van der Waals surface area contributed by atoms with Crippen molar-refractivity contribution in [3.63, 3.8) is 0 Å². The van der Waals surface area contributed by atoms with Crippen molar-refractivity contribution < 1.29 is 4.74 Å². The minimum absolute atomic E-state index is 0.828. The monoisotopic (exact) mass is 251 g/mol. The number of nitrogens with zero attached hydrogens (tertiary/aromatic N) is 1. The van der Waals surface area contributed by atoms with Crippen LogP contribution >= 0.6 is 11.8 Å². The van der Waals surface area contributed by atoms with Crippen LogP contribution in [0.25, 0.3) is 0 Å². The summed E-state index contributed by atoms with van der Waals surface area (Å²) in [5.74, 6) is 0.990. The number of benzene rings is 1. The van der Waals surface area contributed by atoms with Crippen LogP contribution in [-0.2, 0) is 0 Å². The minimum Gasteiger partial charge on any atom is -0.494 e. The van der Waals surface area contributed by atoms with Crippen molar-refractivity contribution in [1.29, 1.82) is 0 Å². The summed E-state index contributed by atoms with van der Waals surface area (Å²) >= 11 is 1.76. The molecule has 1 fully saturated rings. The standard InChI is InChI=1S/C14H21NOS/c1-17-14-7-5-13(6-8-14)16-12-4-11-15-9-2-3-10-15/h5-8H,2-4,9-12H2,1H3. The summed E-state index contributed by atoms with van der Waals surface area (Å²) in [6, 6.07) is 8.34. The maximum atomic E-state index is 5.73. The van der Waals surface area contributed by atoms with Crippen LogP contribution in [0.4, 0.5) is 0 Å². The molecule has 3 heteroatoms. The number of thioether (sulfide) groups is 1. The van der Waals surface area contributed by atoms with Crippen LogP contribution < -0.4 is 4.74 Å². The summed E-state index contributed by atoms with van der Waals surface area (Å²) in [4.78, 5) is 3.81. The molecule has 0 bridgehead atoms. The largest absolute Gasteiger partial charge is 0.494 e. The van der Waals surface area contributed by atoms with Crippen LogP contribution in [0.15, 0.2) is 29.2 Å². The fourth-order valence-electron chi connectivity index (χ4n) is 2.16. The molecule has 0 amide bonds. The summed E-state index contributed by atoms with van der Waals surface area (Å²) in [6.07, 6.45) is 5.96. The van der Waals surface area contributed by atoms with E-state index >= 15 is 0 Å². The SMILES string of the molecule is CSc1ccc(OCCCN2CCCC2)cc1. The first-order chi connectivity index (χ1) is 8.38. The highest BCUT2D eigenvalue weighted by Gasteiger charge is 2.10. The summed E-state index contributed by atoms with van der Waals surface area (Å²) in [5.41, 5.74) is 0. The van der Waals surface area contributed by atoms with Gasteiger partial charge in [0.15, 0.2) is 0 Å². The van der Waals surface area contributed by atoms with Crippen molar-refractivity contribution in [2.45, 2.75) is 24.2 Å². The second-order valence-electron chi connectivity index (χ2n) is 4.43. The number of likely N-dealkylation sites (tertiary alicyclic amines) is 1. The highest BCUT2D eigenvalue weighted by molar-refractivity contribution is 7.98. The van der Waals surface area contributed by atoms with Gasteiger partial charge >= 0.3 is 0 Å². The normalized spacial score (nSPS) is 16.3. The fraction of sp³-hybridized carbons (Fsp3) is 0.571. The lowest BCUT2D eigenvalue weighted by molar-refractivity contribution is 0.263. The lowest BCUT2D eigenvalue weighted by atomic mass is 10.3. The zero-order valence-corrected chi connectivity index (χ0v) is 11.3. The third-order valence-corrected chi connectivity index (χ3v) is 3.89. The first-order valence-electron chi connectivity index (χ1n) is 6.38. The first-order valence-corrected chi connectivity index (χ1v) is 7.60. The zero-order chi connectivity index (χ0) is 11.9. The molecule has 1 aromatic rings. The molecule has 0 aliphatic carbocycles. The maximum Gasteiger partial charge on any atom is 0.119 e.